The van der Waals surface area contributed by atoms with Crippen LogP contribution in [0.3, 0.4) is 0 Å². The van der Waals surface area contributed by atoms with E-state index in [-0.39, 0.29) is 5.91 Å². The summed E-state index contributed by atoms with van der Waals surface area (Å²) in [5, 5.41) is 2.80. The summed E-state index contributed by atoms with van der Waals surface area (Å²) >= 11 is 0. The third-order valence-electron chi connectivity index (χ3n) is 3.71. The van der Waals surface area contributed by atoms with Gasteiger partial charge in [0.2, 0.25) is 0 Å². The van der Waals surface area contributed by atoms with Crippen molar-refractivity contribution in [2.24, 2.45) is 0 Å². The molecule has 0 bridgehead atoms. The number of anilines is 1. The molecule has 0 saturated carbocycles. The van der Waals surface area contributed by atoms with Crippen molar-refractivity contribution in [1.29, 1.82) is 0 Å². The number of benzene rings is 2. The average Bonchev–Trinajstić information content (AvgIpc) is 2.54. The van der Waals surface area contributed by atoms with Crippen LogP contribution >= 0.6 is 0 Å². The quantitative estimate of drug-likeness (QED) is 0.905. The van der Waals surface area contributed by atoms with Gasteiger partial charge in [-0.05, 0) is 42.8 Å². The van der Waals surface area contributed by atoms with Crippen LogP contribution in [0.25, 0.3) is 0 Å². The first kappa shape index (κ1) is 17.8. The molecule has 2 aromatic rings. The van der Waals surface area contributed by atoms with Gasteiger partial charge in [-0.2, -0.15) is 13.2 Å². The number of hydrogen-bond donors (Lipinski definition) is 1. The minimum Gasteiger partial charge on any atom is -0.378 e. The molecule has 2 aromatic carbocycles. The molecule has 1 atom stereocenters. The molecule has 0 aliphatic rings. The molecule has 0 unspecified atom stereocenters. The molecule has 0 saturated heterocycles. The fraction of sp³-hybridized carbons (Fsp3) is 0.278. The van der Waals surface area contributed by atoms with Crippen LogP contribution < -0.4 is 10.2 Å². The van der Waals surface area contributed by atoms with Crippen LogP contribution in [0.15, 0.2) is 48.5 Å². The van der Waals surface area contributed by atoms with Crippen LogP contribution in [0.5, 0.6) is 0 Å². The SMILES string of the molecule is C[C@@H](NC(=O)c1cccc(N(C)C)c1)c1ccc(C(F)(F)F)cc1. The number of rotatable bonds is 4. The van der Waals surface area contributed by atoms with Crippen molar-refractivity contribution in [3.8, 4) is 0 Å². The molecule has 1 amide bonds. The Kier molecular flexibility index (Phi) is 5.17. The van der Waals surface area contributed by atoms with E-state index in [1.165, 1.54) is 12.1 Å². The highest BCUT2D eigenvalue weighted by molar-refractivity contribution is 5.95. The smallest absolute Gasteiger partial charge is 0.378 e. The lowest BCUT2D eigenvalue weighted by Crippen LogP contribution is -2.27. The fourth-order valence-electron chi connectivity index (χ4n) is 2.25. The minimum absolute atomic E-state index is 0.272. The van der Waals surface area contributed by atoms with Gasteiger partial charge in [0.15, 0.2) is 0 Å². The van der Waals surface area contributed by atoms with Crippen molar-refractivity contribution in [3.63, 3.8) is 0 Å². The lowest BCUT2D eigenvalue weighted by molar-refractivity contribution is -0.137. The van der Waals surface area contributed by atoms with Crippen molar-refractivity contribution in [3.05, 3.63) is 65.2 Å². The van der Waals surface area contributed by atoms with Crippen LogP contribution in [0, 0.1) is 0 Å². The molecule has 0 aliphatic carbocycles. The van der Waals surface area contributed by atoms with Gasteiger partial charge in [-0.1, -0.05) is 18.2 Å². The standard InChI is InChI=1S/C18H19F3N2O/c1-12(13-7-9-15(10-8-13)18(19,20)21)22-17(24)14-5-4-6-16(11-14)23(2)3/h4-12H,1-3H3,(H,22,24)/t12-/m1/s1. The normalized spacial score (nSPS) is 12.6. The predicted octanol–water partition coefficient (Wildman–Crippen LogP) is 4.26. The highest BCUT2D eigenvalue weighted by Crippen LogP contribution is 2.30. The van der Waals surface area contributed by atoms with E-state index in [1.54, 1.807) is 25.1 Å². The molecular formula is C18H19F3N2O. The zero-order chi connectivity index (χ0) is 17.9. The second-order valence-corrected chi connectivity index (χ2v) is 5.76. The van der Waals surface area contributed by atoms with E-state index in [1.807, 2.05) is 25.1 Å². The van der Waals surface area contributed by atoms with E-state index in [0.717, 1.165) is 17.8 Å². The maximum atomic E-state index is 12.6. The van der Waals surface area contributed by atoms with E-state index in [4.69, 9.17) is 0 Å². The number of carbonyl (C=O) groups excluding carboxylic acids is 1. The Balaban J connectivity index is 2.10. The summed E-state index contributed by atoms with van der Waals surface area (Å²) in [6.07, 6.45) is -4.36. The maximum Gasteiger partial charge on any atom is 0.416 e. The van der Waals surface area contributed by atoms with Crippen molar-refractivity contribution in [1.82, 2.24) is 5.32 Å². The third kappa shape index (κ3) is 4.28. The number of nitrogens with zero attached hydrogens (tertiary/aromatic N) is 1. The van der Waals surface area contributed by atoms with Gasteiger partial charge in [0.25, 0.3) is 5.91 Å². The zero-order valence-electron chi connectivity index (χ0n) is 13.7. The molecule has 0 aromatic heterocycles. The molecule has 0 spiro atoms. The monoisotopic (exact) mass is 336 g/mol. The van der Waals surface area contributed by atoms with E-state index in [9.17, 15) is 18.0 Å². The zero-order valence-corrected chi connectivity index (χ0v) is 13.7. The lowest BCUT2D eigenvalue weighted by atomic mass is 10.1. The van der Waals surface area contributed by atoms with Gasteiger partial charge in [-0.15, -0.1) is 0 Å². The molecule has 6 heteroatoms. The number of amides is 1. The summed E-state index contributed by atoms with van der Waals surface area (Å²) in [5.41, 5.74) is 1.30. The van der Waals surface area contributed by atoms with Gasteiger partial charge in [-0.3, -0.25) is 4.79 Å². The molecule has 0 heterocycles. The van der Waals surface area contributed by atoms with Gasteiger partial charge in [-0.25, -0.2) is 0 Å². The van der Waals surface area contributed by atoms with Crippen LogP contribution in [0.1, 0.15) is 34.5 Å². The highest BCUT2D eigenvalue weighted by atomic mass is 19.4. The molecule has 0 aliphatic heterocycles. The lowest BCUT2D eigenvalue weighted by Gasteiger charge is -2.17. The fourth-order valence-corrected chi connectivity index (χ4v) is 2.25. The second-order valence-electron chi connectivity index (χ2n) is 5.76. The van der Waals surface area contributed by atoms with E-state index < -0.39 is 17.8 Å². The molecule has 2 rings (SSSR count). The van der Waals surface area contributed by atoms with Crippen LogP contribution in [0.2, 0.25) is 0 Å². The van der Waals surface area contributed by atoms with Crippen molar-refractivity contribution in [2.75, 3.05) is 19.0 Å². The minimum atomic E-state index is -4.36. The summed E-state index contributed by atoms with van der Waals surface area (Å²) in [6, 6.07) is 11.5. The first-order valence-corrected chi connectivity index (χ1v) is 7.44. The summed E-state index contributed by atoms with van der Waals surface area (Å²) < 4.78 is 37.7. The Hall–Kier alpha value is -2.50. The van der Waals surface area contributed by atoms with Crippen molar-refractivity contribution in [2.45, 2.75) is 19.1 Å². The molecule has 0 radical (unpaired) electrons. The molecule has 128 valence electrons. The predicted molar refractivity (Wildman–Crippen MR) is 88.1 cm³/mol. The first-order valence-electron chi connectivity index (χ1n) is 7.44. The Morgan fingerprint density at radius 2 is 1.71 bits per heavy atom. The van der Waals surface area contributed by atoms with Gasteiger partial charge in [0.05, 0.1) is 11.6 Å². The van der Waals surface area contributed by atoms with Gasteiger partial charge >= 0.3 is 6.18 Å². The second kappa shape index (κ2) is 6.95. The van der Waals surface area contributed by atoms with Crippen LogP contribution in [-0.2, 0) is 6.18 Å². The van der Waals surface area contributed by atoms with E-state index >= 15 is 0 Å². The summed E-state index contributed by atoms with van der Waals surface area (Å²) in [5.74, 6) is -0.272. The summed E-state index contributed by atoms with van der Waals surface area (Å²) in [4.78, 5) is 14.2. The third-order valence-corrected chi connectivity index (χ3v) is 3.71. The Labute approximate surface area is 139 Å². The molecule has 0 fully saturated rings. The van der Waals surface area contributed by atoms with Crippen molar-refractivity contribution >= 4 is 11.6 Å². The largest absolute Gasteiger partial charge is 0.416 e. The number of halogens is 3. The number of carbonyl (C=O) groups is 1. The van der Waals surface area contributed by atoms with Crippen molar-refractivity contribution < 1.29 is 18.0 Å². The Bertz CT molecular complexity index is 709. The van der Waals surface area contributed by atoms with Gasteiger partial charge < -0.3 is 10.2 Å². The number of nitrogens with one attached hydrogen (secondary N) is 1. The van der Waals surface area contributed by atoms with Gasteiger partial charge in [0.1, 0.15) is 0 Å². The van der Waals surface area contributed by atoms with Gasteiger partial charge in [0, 0.05) is 25.3 Å². The summed E-state index contributed by atoms with van der Waals surface area (Å²) in [6.45, 7) is 1.73. The number of alkyl halides is 3. The maximum absolute atomic E-state index is 12.6. The average molecular weight is 336 g/mol. The molecule has 3 nitrogen and oxygen atoms in total. The first-order chi connectivity index (χ1) is 11.2. The van der Waals surface area contributed by atoms with E-state index in [0.29, 0.717) is 11.1 Å². The van der Waals surface area contributed by atoms with E-state index in [2.05, 4.69) is 5.32 Å². The Morgan fingerprint density at radius 3 is 2.25 bits per heavy atom. The number of hydrogen-bond acceptors (Lipinski definition) is 2. The molecule has 24 heavy (non-hydrogen) atoms. The topological polar surface area (TPSA) is 32.3 Å². The van der Waals surface area contributed by atoms with Crippen LogP contribution in [-0.4, -0.2) is 20.0 Å². The highest BCUT2D eigenvalue weighted by Gasteiger charge is 2.30. The molecular weight excluding hydrogens is 317 g/mol. The molecule has 1 N–H and O–H groups in total. The van der Waals surface area contributed by atoms with Crippen LogP contribution in [0.4, 0.5) is 18.9 Å². The summed E-state index contributed by atoms with van der Waals surface area (Å²) in [7, 11) is 3.75. The Morgan fingerprint density at radius 1 is 1.08 bits per heavy atom.